The SMILES string of the molecule is CC1CCC(CO)(NC(=O)c2ccc(N)cn2)CC1. The van der Waals surface area contributed by atoms with Crippen LogP contribution in [0, 0.1) is 5.92 Å². The molecule has 1 aromatic rings. The summed E-state index contributed by atoms with van der Waals surface area (Å²) in [7, 11) is 0. The predicted octanol–water partition coefficient (Wildman–Crippen LogP) is 1.33. The van der Waals surface area contributed by atoms with E-state index in [4.69, 9.17) is 5.73 Å². The second kappa shape index (κ2) is 5.57. The molecular formula is C14H21N3O2. The summed E-state index contributed by atoms with van der Waals surface area (Å²) in [6.07, 6.45) is 5.13. The van der Waals surface area contributed by atoms with E-state index in [1.54, 1.807) is 12.1 Å². The van der Waals surface area contributed by atoms with Crippen molar-refractivity contribution in [2.45, 2.75) is 38.1 Å². The van der Waals surface area contributed by atoms with Crippen LogP contribution in [0.25, 0.3) is 0 Å². The van der Waals surface area contributed by atoms with Crippen molar-refractivity contribution in [3.8, 4) is 0 Å². The van der Waals surface area contributed by atoms with Crippen molar-refractivity contribution in [2.75, 3.05) is 12.3 Å². The molecule has 0 atom stereocenters. The molecule has 0 aliphatic heterocycles. The number of amides is 1. The van der Waals surface area contributed by atoms with Crippen molar-refractivity contribution >= 4 is 11.6 Å². The zero-order chi connectivity index (χ0) is 13.9. The highest BCUT2D eigenvalue weighted by molar-refractivity contribution is 5.93. The number of nitrogens with two attached hydrogens (primary N) is 1. The molecule has 19 heavy (non-hydrogen) atoms. The molecular weight excluding hydrogens is 242 g/mol. The molecule has 0 saturated heterocycles. The summed E-state index contributed by atoms with van der Waals surface area (Å²) in [5, 5.41) is 12.6. The fourth-order valence-electron chi connectivity index (χ4n) is 2.48. The zero-order valence-corrected chi connectivity index (χ0v) is 11.2. The zero-order valence-electron chi connectivity index (χ0n) is 11.2. The minimum atomic E-state index is -0.493. The third kappa shape index (κ3) is 3.23. The van der Waals surface area contributed by atoms with Crippen molar-refractivity contribution in [3.05, 3.63) is 24.0 Å². The van der Waals surface area contributed by atoms with Crippen LogP contribution in [0.1, 0.15) is 43.1 Å². The standard InChI is InChI=1S/C14H21N3O2/c1-10-4-6-14(9-18,7-5-10)17-13(19)12-3-2-11(15)8-16-12/h2-3,8,10,18H,4-7,9,15H2,1H3,(H,17,19). The molecule has 1 heterocycles. The van der Waals surface area contributed by atoms with E-state index in [2.05, 4.69) is 17.2 Å². The number of carbonyl (C=O) groups is 1. The van der Waals surface area contributed by atoms with Crippen LogP contribution in [0.3, 0.4) is 0 Å². The van der Waals surface area contributed by atoms with Crippen LogP contribution in [0.5, 0.6) is 0 Å². The molecule has 104 valence electrons. The van der Waals surface area contributed by atoms with E-state index in [1.165, 1.54) is 6.20 Å². The Labute approximate surface area is 113 Å². The smallest absolute Gasteiger partial charge is 0.270 e. The number of nitrogen functional groups attached to an aromatic ring is 1. The summed E-state index contributed by atoms with van der Waals surface area (Å²) >= 11 is 0. The lowest BCUT2D eigenvalue weighted by Gasteiger charge is -2.38. The molecule has 1 aromatic heterocycles. The van der Waals surface area contributed by atoms with Gasteiger partial charge in [-0.3, -0.25) is 4.79 Å². The number of nitrogens with one attached hydrogen (secondary N) is 1. The van der Waals surface area contributed by atoms with Crippen molar-refractivity contribution in [1.82, 2.24) is 10.3 Å². The summed E-state index contributed by atoms with van der Waals surface area (Å²) in [5.41, 5.74) is 5.91. The summed E-state index contributed by atoms with van der Waals surface area (Å²) in [6, 6.07) is 3.25. The van der Waals surface area contributed by atoms with Crippen molar-refractivity contribution in [1.29, 1.82) is 0 Å². The number of anilines is 1. The third-order valence-corrected chi connectivity index (χ3v) is 3.93. The van der Waals surface area contributed by atoms with E-state index >= 15 is 0 Å². The highest BCUT2D eigenvalue weighted by Gasteiger charge is 2.35. The first kappa shape index (κ1) is 13.8. The van der Waals surface area contributed by atoms with E-state index in [9.17, 15) is 9.90 Å². The van der Waals surface area contributed by atoms with Crippen LogP contribution in [0.2, 0.25) is 0 Å². The van der Waals surface area contributed by atoms with Crippen LogP contribution in [0.4, 0.5) is 5.69 Å². The van der Waals surface area contributed by atoms with Crippen molar-refractivity contribution < 1.29 is 9.90 Å². The fourth-order valence-corrected chi connectivity index (χ4v) is 2.48. The molecule has 0 spiro atoms. The Morgan fingerprint density at radius 3 is 2.74 bits per heavy atom. The molecule has 2 rings (SSSR count). The largest absolute Gasteiger partial charge is 0.397 e. The van der Waals surface area contributed by atoms with Gasteiger partial charge < -0.3 is 16.2 Å². The molecule has 1 fully saturated rings. The van der Waals surface area contributed by atoms with Crippen molar-refractivity contribution in [3.63, 3.8) is 0 Å². The number of nitrogens with zero attached hydrogens (tertiary/aromatic N) is 1. The highest BCUT2D eigenvalue weighted by Crippen LogP contribution is 2.31. The quantitative estimate of drug-likeness (QED) is 0.767. The summed E-state index contributed by atoms with van der Waals surface area (Å²) in [5.74, 6) is 0.412. The van der Waals surface area contributed by atoms with Crippen LogP contribution in [-0.2, 0) is 0 Å². The number of aliphatic hydroxyl groups excluding tert-OH is 1. The van der Waals surface area contributed by atoms with Crippen molar-refractivity contribution in [2.24, 2.45) is 5.92 Å². The molecule has 5 heteroatoms. The van der Waals surface area contributed by atoms with Gasteiger partial charge in [-0.15, -0.1) is 0 Å². The minimum absolute atomic E-state index is 0.0273. The average Bonchev–Trinajstić information content (AvgIpc) is 2.42. The van der Waals surface area contributed by atoms with Gasteiger partial charge in [-0.25, -0.2) is 4.98 Å². The summed E-state index contributed by atoms with van der Waals surface area (Å²) in [6.45, 7) is 2.17. The minimum Gasteiger partial charge on any atom is -0.397 e. The Kier molecular flexibility index (Phi) is 4.04. The Morgan fingerprint density at radius 2 is 2.21 bits per heavy atom. The van der Waals surface area contributed by atoms with E-state index < -0.39 is 5.54 Å². The van der Waals surface area contributed by atoms with Gasteiger partial charge in [0.2, 0.25) is 0 Å². The van der Waals surface area contributed by atoms with Crippen LogP contribution in [0.15, 0.2) is 18.3 Å². The first-order valence-corrected chi connectivity index (χ1v) is 6.69. The number of carbonyl (C=O) groups excluding carboxylic acids is 1. The molecule has 0 unspecified atom stereocenters. The Morgan fingerprint density at radius 1 is 1.53 bits per heavy atom. The number of hydrogen-bond donors (Lipinski definition) is 3. The second-order valence-electron chi connectivity index (χ2n) is 5.55. The van der Waals surface area contributed by atoms with Gasteiger partial charge in [-0.2, -0.15) is 0 Å². The Hall–Kier alpha value is -1.62. The van der Waals surface area contributed by atoms with Gasteiger partial charge in [-0.05, 0) is 43.7 Å². The van der Waals surface area contributed by atoms with Crippen LogP contribution < -0.4 is 11.1 Å². The van der Waals surface area contributed by atoms with Gasteiger partial charge in [0.25, 0.3) is 5.91 Å². The van der Waals surface area contributed by atoms with E-state index in [1.807, 2.05) is 0 Å². The summed E-state index contributed by atoms with van der Waals surface area (Å²) < 4.78 is 0. The number of pyridine rings is 1. The maximum absolute atomic E-state index is 12.1. The molecule has 1 saturated carbocycles. The maximum atomic E-state index is 12.1. The molecule has 5 nitrogen and oxygen atoms in total. The molecule has 4 N–H and O–H groups in total. The first-order valence-electron chi connectivity index (χ1n) is 6.69. The summed E-state index contributed by atoms with van der Waals surface area (Å²) in [4.78, 5) is 16.1. The van der Waals surface area contributed by atoms with Gasteiger partial charge in [0.15, 0.2) is 0 Å². The molecule has 1 aliphatic carbocycles. The lowest BCUT2D eigenvalue weighted by atomic mass is 9.77. The number of hydrogen-bond acceptors (Lipinski definition) is 4. The second-order valence-corrected chi connectivity index (χ2v) is 5.55. The Balaban J connectivity index is 2.06. The van der Waals surface area contributed by atoms with Gasteiger partial charge in [0.05, 0.1) is 24.0 Å². The average molecular weight is 263 g/mol. The Bertz CT molecular complexity index is 437. The first-order chi connectivity index (χ1) is 9.04. The van der Waals surface area contributed by atoms with E-state index in [-0.39, 0.29) is 12.5 Å². The molecule has 1 amide bonds. The molecule has 1 aliphatic rings. The normalized spacial score (nSPS) is 26.9. The van der Waals surface area contributed by atoms with E-state index in [0.717, 1.165) is 25.7 Å². The van der Waals surface area contributed by atoms with Crippen LogP contribution >= 0.6 is 0 Å². The highest BCUT2D eigenvalue weighted by atomic mass is 16.3. The van der Waals surface area contributed by atoms with Gasteiger partial charge in [0, 0.05) is 0 Å². The maximum Gasteiger partial charge on any atom is 0.270 e. The fraction of sp³-hybridized carbons (Fsp3) is 0.571. The van der Waals surface area contributed by atoms with Gasteiger partial charge in [-0.1, -0.05) is 6.92 Å². The van der Waals surface area contributed by atoms with Gasteiger partial charge in [0.1, 0.15) is 5.69 Å². The predicted molar refractivity (Wildman–Crippen MR) is 73.6 cm³/mol. The number of aliphatic hydroxyl groups is 1. The molecule has 0 bridgehead atoms. The number of aromatic nitrogens is 1. The van der Waals surface area contributed by atoms with Gasteiger partial charge >= 0.3 is 0 Å². The lowest BCUT2D eigenvalue weighted by molar-refractivity contribution is 0.0712. The topological polar surface area (TPSA) is 88.2 Å². The van der Waals surface area contributed by atoms with Crippen LogP contribution in [-0.4, -0.2) is 28.1 Å². The molecule has 0 radical (unpaired) electrons. The molecule has 0 aromatic carbocycles. The number of rotatable bonds is 3. The van der Waals surface area contributed by atoms with E-state index in [0.29, 0.717) is 17.3 Å². The third-order valence-electron chi connectivity index (χ3n) is 3.93. The lowest BCUT2D eigenvalue weighted by Crippen LogP contribution is -2.53. The monoisotopic (exact) mass is 263 g/mol.